The van der Waals surface area contributed by atoms with Crippen molar-refractivity contribution >= 4 is 11.6 Å². The minimum Gasteiger partial charge on any atom is -0.385 e. The number of carbonyl (C=O) groups is 1. The molecule has 0 atom stereocenters. The molecule has 2 N–H and O–H groups in total. The summed E-state index contributed by atoms with van der Waals surface area (Å²) in [4.78, 5) is 12.1. The Labute approximate surface area is 126 Å². The second-order valence-corrected chi connectivity index (χ2v) is 5.91. The molecule has 114 valence electrons. The normalized spacial score (nSPS) is 18.7. The van der Waals surface area contributed by atoms with Crippen LogP contribution in [0.25, 0.3) is 0 Å². The van der Waals surface area contributed by atoms with Gasteiger partial charge in [-0.05, 0) is 43.2 Å². The summed E-state index contributed by atoms with van der Waals surface area (Å²) in [7, 11) is 0. The Kier molecular flexibility index (Phi) is 4.76. The SMILES string of the molecule is O=C(NCCc1cccc2c1NCCC2)C1CCOCC1. The molecule has 0 bridgehead atoms. The summed E-state index contributed by atoms with van der Waals surface area (Å²) in [5.74, 6) is 0.331. The van der Waals surface area contributed by atoms with E-state index >= 15 is 0 Å². The lowest BCUT2D eigenvalue weighted by Gasteiger charge is -2.23. The van der Waals surface area contributed by atoms with Crippen LogP contribution in [0, 0.1) is 5.92 Å². The molecule has 0 aromatic heterocycles. The van der Waals surface area contributed by atoms with E-state index in [1.54, 1.807) is 0 Å². The van der Waals surface area contributed by atoms with E-state index in [9.17, 15) is 4.79 Å². The van der Waals surface area contributed by atoms with E-state index in [1.807, 2.05) is 0 Å². The smallest absolute Gasteiger partial charge is 0.223 e. The van der Waals surface area contributed by atoms with Gasteiger partial charge in [-0.1, -0.05) is 18.2 Å². The van der Waals surface area contributed by atoms with Crippen LogP contribution in [0.5, 0.6) is 0 Å². The van der Waals surface area contributed by atoms with Crippen LogP contribution in [0.15, 0.2) is 18.2 Å². The summed E-state index contributed by atoms with van der Waals surface area (Å²) in [6, 6.07) is 6.49. The maximum Gasteiger partial charge on any atom is 0.223 e. The first-order valence-electron chi connectivity index (χ1n) is 8.04. The van der Waals surface area contributed by atoms with Crippen molar-refractivity contribution in [3.05, 3.63) is 29.3 Å². The van der Waals surface area contributed by atoms with Crippen LogP contribution in [-0.2, 0) is 22.4 Å². The van der Waals surface area contributed by atoms with Crippen LogP contribution in [0.2, 0.25) is 0 Å². The fourth-order valence-corrected chi connectivity index (χ4v) is 3.21. The lowest BCUT2D eigenvalue weighted by Crippen LogP contribution is -2.35. The van der Waals surface area contributed by atoms with Gasteiger partial charge in [0.1, 0.15) is 0 Å². The van der Waals surface area contributed by atoms with Crippen LogP contribution >= 0.6 is 0 Å². The Hall–Kier alpha value is -1.55. The topological polar surface area (TPSA) is 50.4 Å². The molecule has 0 unspecified atom stereocenters. The van der Waals surface area contributed by atoms with Gasteiger partial charge in [-0.15, -0.1) is 0 Å². The molecule has 3 rings (SSSR count). The Morgan fingerprint density at radius 1 is 1.33 bits per heavy atom. The number of fused-ring (bicyclic) bond motifs is 1. The molecule has 4 heteroatoms. The van der Waals surface area contributed by atoms with Gasteiger partial charge >= 0.3 is 0 Å². The molecule has 0 radical (unpaired) electrons. The monoisotopic (exact) mass is 288 g/mol. The summed E-state index contributed by atoms with van der Waals surface area (Å²) in [5, 5.41) is 6.59. The van der Waals surface area contributed by atoms with Crippen molar-refractivity contribution in [3.63, 3.8) is 0 Å². The minimum atomic E-state index is 0.140. The highest BCUT2D eigenvalue weighted by atomic mass is 16.5. The second kappa shape index (κ2) is 6.94. The number of para-hydroxylation sites is 1. The molecular formula is C17H24N2O2. The second-order valence-electron chi connectivity index (χ2n) is 5.91. The fourth-order valence-electron chi connectivity index (χ4n) is 3.21. The van der Waals surface area contributed by atoms with E-state index < -0.39 is 0 Å². The first-order valence-corrected chi connectivity index (χ1v) is 8.04. The number of aryl methyl sites for hydroxylation is 1. The van der Waals surface area contributed by atoms with Crippen molar-refractivity contribution in [2.75, 3.05) is 31.6 Å². The van der Waals surface area contributed by atoms with E-state index in [1.165, 1.54) is 23.2 Å². The average Bonchev–Trinajstić information content (AvgIpc) is 2.56. The quantitative estimate of drug-likeness (QED) is 0.892. The van der Waals surface area contributed by atoms with Gasteiger partial charge in [0.05, 0.1) is 0 Å². The van der Waals surface area contributed by atoms with E-state index in [0.29, 0.717) is 19.8 Å². The maximum absolute atomic E-state index is 12.1. The molecule has 2 aliphatic rings. The van der Waals surface area contributed by atoms with Gasteiger partial charge in [0, 0.05) is 37.9 Å². The average molecular weight is 288 g/mol. The molecular weight excluding hydrogens is 264 g/mol. The van der Waals surface area contributed by atoms with Crippen LogP contribution < -0.4 is 10.6 Å². The van der Waals surface area contributed by atoms with E-state index in [2.05, 4.69) is 28.8 Å². The largest absolute Gasteiger partial charge is 0.385 e. The standard InChI is InChI=1S/C17H24N2O2/c20-17(15-7-11-21-12-8-15)19-10-6-14-4-1-3-13-5-2-9-18-16(13)14/h1,3-4,15,18H,2,5-12H2,(H,19,20). The highest BCUT2D eigenvalue weighted by molar-refractivity contribution is 5.78. The number of ether oxygens (including phenoxy) is 1. The predicted octanol–water partition coefficient (Wildman–Crippen LogP) is 2.13. The van der Waals surface area contributed by atoms with Gasteiger partial charge in [-0.2, -0.15) is 0 Å². The van der Waals surface area contributed by atoms with Crippen molar-refractivity contribution in [3.8, 4) is 0 Å². The third kappa shape index (κ3) is 3.56. The molecule has 1 aromatic rings. The number of anilines is 1. The molecule has 0 spiro atoms. The van der Waals surface area contributed by atoms with Crippen molar-refractivity contribution in [2.24, 2.45) is 5.92 Å². The summed E-state index contributed by atoms with van der Waals surface area (Å²) in [6.07, 6.45) is 4.97. The number of hydrogen-bond donors (Lipinski definition) is 2. The predicted molar refractivity (Wildman–Crippen MR) is 83.5 cm³/mol. The maximum atomic E-state index is 12.1. The number of nitrogens with one attached hydrogen (secondary N) is 2. The van der Waals surface area contributed by atoms with Gasteiger partial charge in [-0.3, -0.25) is 4.79 Å². The van der Waals surface area contributed by atoms with Crippen molar-refractivity contribution in [1.29, 1.82) is 0 Å². The molecule has 0 aliphatic carbocycles. The molecule has 2 aliphatic heterocycles. The zero-order chi connectivity index (χ0) is 14.5. The van der Waals surface area contributed by atoms with Gasteiger partial charge in [0.2, 0.25) is 5.91 Å². The molecule has 0 saturated carbocycles. The van der Waals surface area contributed by atoms with Gasteiger partial charge < -0.3 is 15.4 Å². The van der Waals surface area contributed by atoms with E-state index in [4.69, 9.17) is 4.74 Å². The number of benzene rings is 1. The zero-order valence-corrected chi connectivity index (χ0v) is 12.5. The zero-order valence-electron chi connectivity index (χ0n) is 12.5. The highest BCUT2D eigenvalue weighted by Crippen LogP contribution is 2.26. The summed E-state index contributed by atoms with van der Waals surface area (Å²) < 4.78 is 5.30. The summed E-state index contributed by atoms with van der Waals surface area (Å²) >= 11 is 0. The van der Waals surface area contributed by atoms with Crippen LogP contribution in [0.3, 0.4) is 0 Å². The van der Waals surface area contributed by atoms with Crippen molar-refractivity contribution in [1.82, 2.24) is 5.32 Å². The molecule has 1 saturated heterocycles. The highest BCUT2D eigenvalue weighted by Gasteiger charge is 2.21. The van der Waals surface area contributed by atoms with Crippen LogP contribution in [0.1, 0.15) is 30.4 Å². The molecule has 2 heterocycles. The lowest BCUT2D eigenvalue weighted by atomic mass is 9.97. The van der Waals surface area contributed by atoms with Gasteiger partial charge in [0.25, 0.3) is 0 Å². The minimum absolute atomic E-state index is 0.140. The number of amides is 1. The summed E-state index contributed by atoms with van der Waals surface area (Å²) in [6.45, 7) is 3.20. The van der Waals surface area contributed by atoms with E-state index in [-0.39, 0.29) is 11.8 Å². The fraction of sp³-hybridized carbons (Fsp3) is 0.588. The number of rotatable bonds is 4. The van der Waals surface area contributed by atoms with Crippen LogP contribution in [-0.4, -0.2) is 32.2 Å². The molecule has 1 fully saturated rings. The van der Waals surface area contributed by atoms with Crippen LogP contribution in [0.4, 0.5) is 5.69 Å². The first-order chi connectivity index (χ1) is 10.3. The lowest BCUT2D eigenvalue weighted by molar-refractivity contribution is -0.127. The van der Waals surface area contributed by atoms with Crippen molar-refractivity contribution in [2.45, 2.75) is 32.1 Å². The third-order valence-electron chi connectivity index (χ3n) is 4.45. The van der Waals surface area contributed by atoms with Gasteiger partial charge in [0.15, 0.2) is 0 Å². The summed E-state index contributed by atoms with van der Waals surface area (Å²) in [5.41, 5.74) is 4.03. The third-order valence-corrected chi connectivity index (χ3v) is 4.45. The Balaban J connectivity index is 1.52. The van der Waals surface area contributed by atoms with Crippen molar-refractivity contribution < 1.29 is 9.53 Å². The molecule has 1 aromatic carbocycles. The Bertz CT molecular complexity index is 496. The number of carbonyl (C=O) groups excluding carboxylic acids is 1. The Morgan fingerprint density at radius 3 is 3.05 bits per heavy atom. The molecule has 21 heavy (non-hydrogen) atoms. The Morgan fingerprint density at radius 2 is 2.19 bits per heavy atom. The molecule has 4 nitrogen and oxygen atoms in total. The van der Waals surface area contributed by atoms with Gasteiger partial charge in [-0.25, -0.2) is 0 Å². The van der Waals surface area contributed by atoms with E-state index in [0.717, 1.165) is 32.2 Å². The number of hydrogen-bond acceptors (Lipinski definition) is 3. The molecule has 1 amide bonds. The first kappa shape index (κ1) is 14.4.